The molecule has 2 heterocycles. The van der Waals surface area contributed by atoms with E-state index in [0.717, 1.165) is 49.5 Å². The van der Waals surface area contributed by atoms with Crippen molar-refractivity contribution in [1.82, 2.24) is 9.88 Å². The Morgan fingerprint density at radius 2 is 1.94 bits per heavy atom. The van der Waals surface area contributed by atoms with Crippen LogP contribution in [0.25, 0.3) is 0 Å². The highest BCUT2D eigenvalue weighted by Crippen LogP contribution is 2.35. The number of nitrogens with zero attached hydrogens (tertiary/aromatic N) is 2. The fourth-order valence-electron chi connectivity index (χ4n) is 3.37. The number of hydrogen-bond acceptors (Lipinski definition) is 6. The molecule has 4 rings (SSSR count). The zero-order chi connectivity index (χ0) is 24.5. The number of hydrogen-bond donors (Lipinski definition) is 1. The van der Waals surface area contributed by atoms with Gasteiger partial charge in [-0.05, 0) is 59.7 Å². The molecule has 6 nitrogen and oxygen atoms in total. The summed E-state index contributed by atoms with van der Waals surface area (Å²) in [6.45, 7) is 1.68. The Hall–Kier alpha value is -1.92. The molecule has 1 aromatic heterocycles. The molecule has 1 aliphatic rings. The molecular formula is C22H19BrClF2N3O3S2. The molecular weight excluding hydrogens is 572 g/mol. The van der Waals surface area contributed by atoms with Gasteiger partial charge in [0.05, 0.1) is 15.2 Å². The van der Waals surface area contributed by atoms with Crippen LogP contribution in [0.4, 0.5) is 14.5 Å². The van der Waals surface area contributed by atoms with Crippen LogP contribution < -0.4 is 9.46 Å². The van der Waals surface area contributed by atoms with Crippen LogP contribution in [0.15, 0.2) is 68.0 Å². The number of ether oxygens (including phenoxy) is 1. The zero-order valence-corrected chi connectivity index (χ0v) is 21.7. The van der Waals surface area contributed by atoms with Crippen molar-refractivity contribution >= 4 is 55.0 Å². The van der Waals surface area contributed by atoms with Gasteiger partial charge < -0.3 is 9.64 Å². The number of rotatable bonds is 7. The topological polar surface area (TPSA) is 71.5 Å². The first-order valence-corrected chi connectivity index (χ1v) is 13.5. The van der Waals surface area contributed by atoms with Crippen LogP contribution in [0.1, 0.15) is 6.42 Å². The van der Waals surface area contributed by atoms with Crippen molar-refractivity contribution in [3.05, 3.63) is 69.8 Å². The fraction of sp³-hybridized carbons (Fsp3) is 0.227. The molecule has 0 radical (unpaired) electrons. The van der Waals surface area contributed by atoms with E-state index in [1.54, 1.807) is 18.2 Å². The molecule has 34 heavy (non-hydrogen) atoms. The van der Waals surface area contributed by atoms with Gasteiger partial charge in [0.1, 0.15) is 33.4 Å². The van der Waals surface area contributed by atoms with Crippen LogP contribution in [0.3, 0.4) is 0 Å². The zero-order valence-electron chi connectivity index (χ0n) is 17.8. The Morgan fingerprint density at radius 3 is 2.59 bits per heavy atom. The third-order valence-corrected chi connectivity index (χ3v) is 8.49. The number of benzene rings is 2. The maximum absolute atomic E-state index is 13.5. The van der Waals surface area contributed by atoms with Crippen LogP contribution in [0.2, 0.25) is 5.02 Å². The van der Waals surface area contributed by atoms with Crippen LogP contribution in [-0.4, -0.2) is 44.5 Å². The molecule has 12 heteroatoms. The Kier molecular flexibility index (Phi) is 7.68. The molecule has 3 aromatic rings. The smallest absolute Gasteiger partial charge is 0.263 e. The first-order valence-electron chi connectivity index (χ1n) is 10.1. The maximum atomic E-state index is 13.5. The van der Waals surface area contributed by atoms with E-state index < -0.39 is 21.7 Å². The monoisotopic (exact) mass is 589 g/mol. The molecule has 1 aliphatic heterocycles. The quantitative estimate of drug-likeness (QED) is 0.375. The van der Waals surface area contributed by atoms with Gasteiger partial charge in [-0.25, -0.2) is 22.2 Å². The number of halogens is 4. The van der Waals surface area contributed by atoms with Crippen molar-refractivity contribution in [3.63, 3.8) is 0 Å². The number of nitrogens with one attached hydrogen (secondary N) is 1. The lowest BCUT2D eigenvalue weighted by Gasteiger charge is -2.16. The van der Waals surface area contributed by atoms with Gasteiger partial charge in [-0.2, -0.15) is 0 Å². The molecule has 0 saturated carbocycles. The van der Waals surface area contributed by atoms with E-state index in [1.165, 1.54) is 12.3 Å². The average molecular weight is 591 g/mol. The molecule has 0 amide bonds. The standard InChI is InChI=1S/C22H19BrClF2N3O3S2/c1-29-5-4-16(12-29)32-21-9-15(2-3-20(21)24)28-34(30,31)18-10-19(23)22(27-11-18)33-17-7-13(25)6-14(26)8-17/h2-3,6-11,16,28H,4-5,12H2,1H3/t16-/m1/s1. The summed E-state index contributed by atoms with van der Waals surface area (Å²) in [5.41, 5.74) is 0.288. The predicted molar refractivity (Wildman–Crippen MR) is 131 cm³/mol. The SMILES string of the molecule is CN1CC[C@@H](Oc2cc(NS(=O)(=O)c3cnc(Sc4cc(F)cc(F)c4)c(Br)c3)ccc2Cl)C1. The Balaban J connectivity index is 1.51. The second-order valence-electron chi connectivity index (χ2n) is 7.71. The van der Waals surface area contributed by atoms with E-state index >= 15 is 0 Å². The number of likely N-dealkylation sites (tertiary alicyclic amines) is 1. The molecule has 180 valence electrons. The molecule has 1 N–H and O–H groups in total. The highest BCUT2D eigenvalue weighted by molar-refractivity contribution is 9.10. The summed E-state index contributed by atoms with van der Waals surface area (Å²) in [5, 5.41) is 0.740. The third kappa shape index (κ3) is 6.19. The van der Waals surface area contributed by atoms with E-state index in [2.05, 4.69) is 30.5 Å². The highest BCUT2D eigenvalue weighted by atomic mass is 79.9. The van der Waals surface area contributed by atoms with Gasteiger partial charge in [0.25, 0.3) is 10.0 Å². The van der Waals surface area contributed by atoms with Gasteiger partial charge in [0, 0.05) is 36.3 Å². The van der Waals surface area contributed by atoms with E-state index in [9.17, 15) is 17.2 Å². The van der Waals surface area contributed by atoms with Crippen LogP contribution >= 0.6 is 39.3 Å². The van der Waals surface area contributed by atoms with Gasteiger partial charge in [-0.3, -0.25) is 4.72 Å². The molecule has 0 spiro atoms. The van der Waals surface area contributed by atoms with E-state index in [-0.39, 0.29) is 16.7 Å². The molecule has 2 aromatic carbocycles. The van der Waals surface area contributed by atoms with Crippen molar-refractivity contribution in [2.45, 2.75) is 27.3 Å². The summed E-state index contributed by atoms with van der Waals surface area (Å²) in [5.74, 6) is -1.03. The Bertz CT molecular complexity index is 1310. The van der Waals surface area contributed by atoms with E-state index in [1.807, 2.05) is 7.05 Å². The normalized spacial score (nSPS) is 16.6. The van der Waals surface area contributed by atoms with Gasteiger partial charge in [-0.1, -0.05) is 23.4 Å². The summed E-state index contributed by atoms with van der Waals surface area (Å²) in [4.78, 5) is 6.49. The first kappa shape index (κ1) is 25.2. The van der Waals surface area contributed by atoms with Gasteiger partial charge in [0.2, 0.25) is 0 Å². The second-order valence-corrected chi connectivity index (χ2v) is 11.7. The maximum Gasteiger partial charge on any atom is 0.263 e. The minimum absolute atomic E-state index is 0.0221. The lowest BCUT2D eigenvalue weighted by molar-refractivity contribution is 0.208. The van der Waals surface area contributed by atoms with Crippen molar-refractivity contribution in [2.24, 2.45) is 0 Å². The van der Waals surface area contributed by atoms with Crippen molar-refractivity contribution in [1.29, 1.82) is 0 Å². The Labute approximate surface area is 213 Å². The molecule has 0 bridgehead atoms. The van der Waals surface area contributed by atoms with Gasteiger partial charge >= 0.3 is 0 Å². The van der Waals surface area contributed by atoms with Crippen LogP contribution in [0.5, 0.6) is 5.75 Å². The summed E-state index contributed by atoms with van der Waals surface area (Å²) < 4.78 is 61.6. The molecule has 1 saturated heterocycles. The lowest BCUT2D eigenvalue weighted by atomic mass is 10.3. The van der Waals surface area contributed by atoms with Crippen LogP contribution in [0, 0.1) is 11.6 Å². The molecule has 1 atom stereocenters. The third-order valence-electron chi connectivity index (χ3n) is 4.97. The number of aromatic nitrogens is 1. The van der Waals surface area contributed by atoms with Gasteiger partial charge in [-0.15, -0.1) is 0 Å². The summed E-state index contributed by atoms with van der Waals surface area (Å²) in [6, 6.07) is 9.12. The molecule has 0 aliphatic carbocycles. The minimum Gasteiger partial charge on any atom is -0.487 e. The predicted octanol–water partition coefficient (Wildman–Crippen LogP) is 5.81. The fourth-order valence-corrected chi connectivity index (χ4v) is 6.12. The summed E-state index contributed by atoms with van der Waals surface area (Å²) in [7, 11) is -1.98. The lowest BCUT2D eigenvalue weighted by Crippen LogP contribution is -2.21. The van der Waals surface area contributed by atoms with E-state index in [4.69, 9.17) is 16.3 Å². The number of pyridine rings is 1. The number of anilines is 1. The highest BCUT2D eigenvalue weighted by Gasteiger charge is 2.23. The number of likely N-dealkylation sites (N-methyl/N-ethyl adjacent to an activating group) is 1. The largest absolute Gasteiger partial charge is 0.487 e. The Morgan fingerprint density at radius 1 is 1.21 bits per heavy atom. The average Bonchev–Trinajstić information content (AvgIpc) is 3.15. The van der Waals surface area contributed by atoms with Crippen molar-refractivity contribution < 1.29 is 21.9 Å². The van der Waals surface area contributed by atoms with Crippen molar-refractivity contribution in [2.75, 3.05) is 24.9 Å². The summed E-state index contributed by atoms with van der Waals surface area (Å²) >= 11 is 10.5. The van der Waals surface area contributed by atoms with Crippen LogP contribution in [-0.2, 0) is 10.0 Å². The second kappa shape index (κ2) is 10.4. The van der Waals surface area contributed by atoms with Crippen molar-refractivity contribution in [3.8, 4) is 5.75 Å². The molecule has 0 unspecified atom stereocenters. The minimum atomic E-state index is -3.98. The molecule has 1 fully saturated rings. The van der Waals surface area contributed by atoms with E-state index in [0.29, 0.717) is 25.2 Å². The number of sulfonamides is 1. The van der Waals surface area contributed by atoms with Gasteiger partial charge in [0.15, 0.2) is 0 Å². The first-order chi connectivity index (χ1) is 16.1. The summed E-state index contributed by atoms with van der Waals surface area (Å²) in [6.07, 6.45) is 2.01.